The van der Waals surface area contributed by atoms with Crippen LogP contribution in [0.15, 0.2) is 48.8 Å². The minimum absolute atomic E-state index is 0.276. The van der Waals surface area contributed by atoms with Gasteiger partial charge in [0.1, 0.15) is 0 Å². The molecule has 0 bridgehead atoms. The van der Waals surface area contributed by atoms with E-state index in [1.807, 2.05) is 37.3 Å². The molecule has 1 aromatic heterocycles. The fraction of sp³-hybridized carbons (Fsp3) is 0.333. The number of hydrogen-bond donors (Lipinski definition) is 0. The number of benzene rings is 1. The van der Waals surface area contributed by atoms with Crippen LogP contribution >= 0.6 is 0 Å². The molecule has 0 atom stereocenters. The molecule has 0 fully saturated rings. The zero-order valence-corrected chi connectivity index (χ0v) is 14.1. The Morgan fingerprint density at radius 3 is 2.29 bits per heavy atom. The molecule has 6 nitrogen and oxygen atoms in total. The van der Waals surface area contributed by atoms with Crippen molar-refractivity contribution in [3.63, 3.8) is 0 Å². The largest absolute Gasteiger partial charge is 0.333 e. The molecule has 0 aliphatic rings. The van der Waals surface area contributed by atoms with Crippen molar-refractivity contribution in [3.8, 4) is 0 Å². The van der Waals surface area contributed by atoms with Crippen LogP contribution in [-0.2, 0) is 11.3 Å². The van der Waals surface area contributed by atoms with E-state index in [0.717, 1.165) is 18.4 Å². The number of carbonyl (C=O) groups is 2. The van der Waals surface area contributed by atoms with E-state index in [2.05, 4.69) is 9.97 Å². The first-order valence-electron chi connectivity index (χ1n) is 8.04. The van der Waals surface area contributed by atoms with Crippen molar-refractivity contribution in [1.29, 1.82) is 0 Å². The molecule has 0 N–H and O–H groups in total. The van der Waals surface area contributed by atoms with Crippen LogP contribution in [0, 0.1) is 0 Å². The molecule has 24 heavy (non-hydrogen) atoms. The van der Waals surface area contributed by atoms with Crippen molar-refractivity contribution in [2.75, 3.05) is 11.4 Å². The molecule has 0 aliphatic carbocycles. The van der Waals surface area contributed by atoms with Gasteiger partial charge in [-0.25, -0.2) is 14.8 Å². The number of unbranched alkanes of at least 4 members (excludes halogenated alkanes) is 1. The first-order chi connectivity index (χ1) is 11.6. The number of carbonyl (C=O) groups excluding carboxylic acids is 2. The average molecular weight is 326 g/mol. The number of urea groups is 1. The van der Waals surface area contributed by atoms with Crippen LogP contribution in [0.25, 0.3) is 0 Å². The summed E-state index contributed by atoms with van der Waals surface area (Å²) in [4.78, 5) is 35.9. The van der Waals surface area contributed by atoms with Gasteiger partial charge in [0.15, 0.2) is 0 Å². The lowest BCUT2D eigenvalue weighted by Gasteiger charge is -2.27. The molecular weight excluding hydrogens is 304 g/mol. The number of rotatable bonds is 6. The zero-order chi connectivity index (χ0) is 17.4. The summed E-state index contributed by atoms with van der Waals surface area (Å²) in [5, 5.41) is 0. The van der Waals surface area contributed by atoms with E-state index in [0.29, 0.717) is 13.1 Å². The minimum atomic E-state index is -0.397. The lowest BCUT2D eigenvalue weighted by molar-refractivity contribution is -0.125. The molecule has 2 aromatic rings. The van der Waals surface area contributed by atoms with Gasteiger partial charge in [0.25, 0.3) is 0 Å². The first kappa shape index (κ1) is 17.6. The van der Waals surface area contributed by atoms with Crippen molar-refractivity contribution in [3.05, 3.63) is 54.4 Å². The standard InChI is InChI=1S/C18H22N4O2/c1-3-4-13-21(15(2)23)18(24)22(17-19-11-8-12-20-17)14-16-9-6-5-7-10-16/h5-12H,3-4,13-14H2,1-2H3. The van der Waals surface area contributed by atoms with Gasteiger partial charge in [-0.2, -0.15) is 0 Å². The van der Waals surface area contributed by atoms with Gasteiger partial charge < -0.3 is 0 Å². The Kier molecular flexibility index (Phi) is 6.42. The molecule has 0 aliphatic heterocycles. The van der Waals surface area contributed by atoms with E-state index in [4.69, 9.17) is 0 Å². The number of aromatic nitrogens is 2. The lowest BCUT2D eigenvalue weighted by atomic mass is 10.2. The van der Waals surface area contributed by atoms with Crippen molar-refractivity contribution >= 4 is 17.9 Å². The van der Waals surface area contributed by atoms with Crippen molar-refractivity contribution in [2.45, 2.75) is 33.2 Å². The Labute approximate surface area is 142 Å². The van der Waals surface area contributed by atoms with Crippen LogP contribution in [0.5, 0.6) is 0 Å². The molecule has 0 unspecified atom stereocenters. The predicted octanol–water partition coefficient (Wildman–Crippen LogP) is 3.25. The van der Waals surface area contributed by atoms with E-state index in [9.17, 15) is 9.59 Å². The van der Waals surface area contributed by atoms with Crippen LogP contribution in [-0.4, -0.2) is 33.4 Å². The van der Waals surface area contributed by atoms with Crippen LogP contribution < -0.4 is 4.90 Å². The van der Waals surface area contributed by atoms with Gasteiger partial charge in [0.2, 0.25) is 11.9 Å². The van der Waals surface area contributed by atoms with Crippen LogP contribution in [0.4, 0.5) is 10.7 Å². The third-order valence-corrected chi connectivity index (χ3v) is 3.55. The van der Waals surface area contributed by atoms with E-state index in [1.54, 1.807) is 18.5 Å². The average Bonchev–Trinajstić information content (AvgIpc) is 2.61. The molecule has 126 valence electrons. The summed E-state index contributed by atoms with van der Waals surface area (Å²) in [6.45, 7) is 4.12. The monoisotopic (exact) mass is 326 g/mol. The van der Waals surface area contributed by atoms with E-state index in [1.165, 1.54) is 16.7 Å². The third-order valence-electron chi connectivity index (χ3n) is 3.55. The SMILES string of the molecule is CCCCN(C(C)=O)C(=O)N(Cc1ccccc1)c1ncccn1. The number of nitrogens with zero attached hydrogens (tertiary/aromatic N) is 4. The summed E-state index contributed by atoms with van der Waals surface area (Å²) >= 11 is 0. The molecule has 0 radical (unpaired) electrons. The minimum Gasteiger partial charge on any atom is -0.275 e. The Balaban J connectivity index is 2.30. The van der Waals surface area contributed by atoms with Crippen LogP contribution in [0.1, 0.15) is 32.3 Å². The summed E-state index contributed by atoms with van der Waals surface area (Å²) in [5.74, 6) is 0.0107. The zero-order valence-electron chi connectivity index (χ0n) is 14.1. The third kappa shape index (κ3) is 4.62. The highest BCUT2D eigenvalue weighted by Crippen LogP contribution is 2.15. The number of imide groups is 1. The smallest absolute Gasteiger partial charge is 0.275 e. The molecule has 1 heterocycles. The quantitative estimate of drug-likeness (QED) is 0.817. The summed E-state index contributed by atoms with van der Waals surface area (Å²) in [6.07, 6.45) is 4.83. The highest BCUT2D eigenvalue weighted by Gasteiger charge is 2.26. The molecular formula is C18H22N4O2. The van der Waals surface area contributed by atoms with Gasteiger partial charge in [-0.15, -0.1) is 0 Å². The Bertz CT molecular complexity index is 661. The Hall–Kier alpha value is -2.76. The Morgan fingerprint density at radius 1 is 1.04 bits per heavy atom. The first-order valence-corrected chi connectivity index (χ1v) is 8.04. The topological polar surface area (TPSA) is 66.4 Å². The summed E-state index contributed by atoms with van der Waals surface area (Å²) in [7, 11) is 0. The fourth-order valence-electron chi connectivity index (χ4n) is 2.27. The van der Waals surface area contributed by atoms with Crippen LogP contribution in [0.2, 0.25) is 0 Å². The highest BCUT2D eigenvalue weighted by atomic mass is 16.2. The van der Waals surface area contributed by atoms with Crippen LogP contribution in [0.3, 0.4) is 0 Å². The Morgan fingerprint density at radius 2 is 1.71 bits per heavy atom. The summed E-state index contributed by atoms with van der Waals surface area (Å²) < 4.78 is 0. The van der Waals surface area contributed by atoms with Gasteiger partial charge >= 0.3 is 6.03 Å². The molecule has 0 saturated carbocycles. The van der Waals surface area contributed by atoms with Gasteiger partial charge in [-0.1, -0.05) is 43.7 Å². The molecule has 6 heteroatoms. The maximum Gasteiger partial charge on any atom is 0.333 e. The maximum atomic E-state index is 12.9. The summed E-state index contributed by atoms with van der Waals surface area (Å²) in [6, 6.07) is 10.9. The lowest BCUT2D eigenvalue weighted by Crippen LogP contribution is -2.46. The number of anilines is 1. The fourth-order valence-corrected chi connectivity index (χ4v) is 2.27. The molecule has 0 saturated heterocycles. The molecule has 3 amide bonds. The molecule has 1 aromatic carbocycles. The second-order valence-corrected chi connectivity index (χ2v) is 5.43. The van der Waals surface area contributed by atoms with Gasteiger partial charge in [0.05, 0.1) is 6.54 Å². The second-order valence-electron chi connectivity index (χ2n) is 5.43. The highest BCUT2D eigenvalue weighted by molar-refractivity contribution is 6.01. The normalized spacial score (nSPS) is 10.2. The summed E-state index contributed by atoms with van der Waals surface area (Å²) in [5.41, 5.74) is 0.942. The van der Waals surface area contributed by atoms with E-state index >= 15 is 0 Å². The van der Waals surface area contributed by atoms with E-state index < -0.39 is 6.03 Å². The van der Waals surface area contributed by atoms with Gasteiger partial charge in [-0.05, 0) is 18.1 Å². The predicted molar refractivity (Wildman–Crippen MR) is 92.3 cm³/mol. The second kappa shape index (κ2) is 8.76. The van der Waals surface area contributed by atoms with Crippen molar-refractivity contribution in [2.24, 2.45) is 0 Å². The van der Waals surface area contributed by atoms with E-state index in [-0.39, 0.29) is 11.9 Å². The molecule has 2 rings (SSSR count). The van der Waals surface area contributed by atoms with Crippen molar-refractivity contribution in [1.82, 2.24) is 14.9 Å². The van der Waals surface area contributed by atoms with Gasteiger partial charge in [-0.3, -0.25) is 14.6 Å². The maximum absolute atomic E-state index is 12.9. The van der Waals surface area contributed by atoms with Crippen molar-refractivity contribution < 1.29 is 9.59 Å². The van der Waals surface area contributed by atoms with Gasteiger partial charge in [0, 0.05) is 25.9 Å². The number of amides is 3. The number of hydrogen-bond acceptors (Lipinski definition) is 4. The molecule has 0 spiro atoms.